The van der Waals surface area contributed by atoms with Gasteiger partial charge in [0.2, 0.25) is 5.91 Å². The van der Waals surface area contributed by atoms with Gasteiger partial charge in [-0.15, -0.1) is 0 Å². The number of thioether (sulfide) groups is 1. The second-order valence-corrected chi connectivity index (χ2v) is 6.52. The third-order valence-corrected chi connectivity index (χ3v) is 4.77. The van der Waals surface area contributed by atoms with Gasteiger partial charge in [0.05, 0.1) is 29.0 Å². The molecule has 0 fully saturated rings. The molecule has 0 unspecified atom stereocenters. The SMILES string of the molecule is CCOC(=O)c1cccc(NC(=O)CSc2nc3ccccc3n2C)c1. The Balaban J connectivity index is 1.63. The van der Waals surface area contributed by atoms with Crippen LogP contribution in [-0.4, -0.2) is 33.8 Å². The van der Waals surface area contributed by atoms with E-state index in [2.05, 4.69) is 10.3 Å². The van der Waals surface area contributed by atoms with Crippen LogP contribution >= 0.6 is 11.8 Å². The molecule has 0 saturated carbocycles. The fraction of sp³-hybridized carbons (Fsp3) is 0.211. The third kappa shape index (κ3) is 4.05. The fourth-order valence-corrected chi connectivity index (χ4v) is 3.31. The lowest BCUT2D eigenvalue weighted by molar-refractivity contribution is -0.113. The molecule has 0 aliphatic carbocycles. The Kier molecular flexibility index (Phi) is 5.58. The molecule has 0 saturated heterocycles. The van der Waals surface area contributed by atoms with Crippen LogP contribution in [0, 0.1) is 0 Å². The van der Waals surface area contributed by atoms with Gasteiger partial charge < -0.3 is 14.6 Å². The van der Waals surface area contributed by atoms with Crippen LogP contribution in [-0.2, 0) is 16.6 Å². The second-order valence-electron chi connectivity index (χ2n) is 5.58. The van der Waals surface area contributed by atoms with Crippen molar-refractivity contribution < 1.29 is 14.3 Å². The first kappa shape index (κ1) is 18.0. The minimum Gasteiger partial charge on any atom is -0.462 e. The number of rotatable bonds is 6. The van der Waals surface area contributed by atoms with E-state index in [1.165, 1.54) is 11.8 Å². The molecule has 1 N–H and O–H groups in total. The number of nitrogens with zero attached hydrogens (tertiary/aromatic N) is 2. The molecule has 26 heavy (non-hydrogen) atoms. The summed E-state index contributed by atoms with van der Waals surface area (Å²) < 4.78 is 6.94. The van der Waals surface area contributed by atoms with E-state index in [9.17, 15) is 9.59 Å². The number of amides is 1. The number of carbonyl (C=O) groups is 2. The van der Waals surface area contributed by atoms with Gasteiger partial charge in [-0.3, -0.25) is 4.79 Å². The van der Waals surface area contributed by atoms with E-state index in [4.69, 9.17) is 4.74 Å². The van der Waals surface area contributed by atoms with E-state index >= 15 is 0 Å². The summed E-state index contributed by atoms with van der Waals surface area (Å²) in [5.74, 6) is -0.346. The summed E-state index contributed by atoms with van der Waals surface area (Å²) in [6, 6.07) is 14.5. The Morgan fingerprint density at radius 1 is 1.19 bits per heavy atom. The number of hydrogen-bond acceptors (Lipinski definition) is 5. The first-order valence-electron chi connectivity index (χ1n) is 8.19. The number of ether oxygens (including phenoxy) is 1. The van der Waals surface area contributed by atoms with Gasteiger partial charge in [-0.05, 0) is 37.3 Å². The van der Waals surface area contributed by atoms with Gasteiger partial charge in [0.15, 0.2) is 5.16 Å². The van der Waals surface area contributed by atoms with Gasteiger partial charge >= 0.3 is 5.97 Å². The quantitative estimate of drug-likeness (QED) is 0.532. The first-order chi connectivity index (χ1) is 12.6. The maximum absolute atomic E-state index is 12.2. The summed E-state index contributed by atoms with van der Waals surface area (Å²) in [6.07, 6.45) is 0. The number of esters is 1. The zero-order valence-corrected chi connectivity index (χ0v) is 15.4. The number of benzene rings is 2. The Morgan fingerprint density at radius 2 is 2.00 bits per heavy atom. The van der Waals surface area contributed by atoms with Gasteiger partial charge in [0.1, 0.15) is 0 Å². The van der Waals surface area contributed by atoms with Crippen LogP contribution < -0.4 is 5.32 Å². The Labute approximate surface area is 155 Å². The van der Waals surface area contributed by atoms with Crippen molar-refractivity contribution in [3.63, 3.8) is 0 Å². The minimum absolute atomic E-state index is 0.164. The molecule has 1 aromatic heterocycles. The molecule has 2 aromatic carbocycles. The van der Waals surface area contributed by atoms with E-state index in [1.807, 2.05) is 35.9 Å². The lowest BCUT2D eigenvalue weighted by Crippen LogP contribution is -2.15. The maximum atomic E-state index is 12.2. The fourth-order valence-electron chi connectivity index (χ4n) is 2.52. The first-order valence-corrected chi connectivity index (χ1v) is 9.18. The van der Waals surface area contributed by atoms with Gasteiger partial charge in [-0.2, -0.15) is 0 Å². The van der Waals surface area contributed by atoms with Crippen molar-refractivity contribution in [3.05, 3.63) is 54.1 Å². The number of para-hydroxylation sites is 2. The van der Waals surface area contributed by atoms with Gasteiger partial charge in [0, 0.05) is 12.7 Å². The summed E-state index contributed by atoms with van der Waals surface area (Å²) in [4.78, 5) is 28.5. The van der Waals surface area contributed by atoms with Crippen LogP contribution in [0.3, 0.4) is 0 Å². The molecule has 0 radical (unpaired) electrons. The molecule has 6 nitrogen and oxygen atoms in total. The molecule has 3 rings (SSSR count). The summed E-state index contributed by atoms with van der Waals surface area (Å²) in [5.41, 5.74) is 2.90. The number of aromatic nitrogens is 2. The number of hydrogen-bond donors (Lipinski definition) is 1. The van der Waals surface area contributed by atoms with Crippen molar-refractivity contribution in [1.82, 2.24) is 9.55 Å². The highest BCUT2D eigenvalue weighted by Gasteiger charge is 2.12. The lowest BCUT2D eigenvalue weighted by Gasteiger charge is -2.07. The van der Waals surface area contributed by atoms with Crippen LogP contribution in [0.5, 0.6) is 0 Å². The van der Waals surface area contributed by atoms with Crippen molar-refractivity contribution in [2.45, 2.75) is 12.1 Å². The topological polar surface area (TPSA) is 73.2 Å². The van der Waals surface area contributed by atoms with E-state index in [-0.39, 0.29) is 11.7 Å². The smallest absolute Gasteiger partial charge is 0.338 e. The van der Waals surface area contributed by atoms with Gasteiger partial charge in [0.25, 0.3) is 0 Å². The molecule has 1 heterocycles. The molecule has 0 bridgehead atoms. The zero-order chi connectivity index (χ0) is 18.5. The predicted octanol–water partition coefficient (Wildman–Crippen LogP) is 3.48. The summed E-state index contributed by atoms with van der Waals surface area (Å²) in [6.45, 7) is 2.06. The molecule has 0 aliphatic heterocycles. The number of aryl methyl sites for hydroxylation is 1. The largest absolute Gasteiger partial charge is 0.462 e. The highest BCUT2D eigenvalue weighted by atomic mass is 32.2. The highest BCUT2D eigenvalue weighted by Crippen LogP contribution is 2.22. The molecular formula is C19H19N3O3S. The average molecular weight is 369 g/mol. The van der Waals surface area contributed by atoms with Crippen molar-refractivity contribution in [2.24, 2.45) is 7.05 Å². The standard InChI is InChI=1S/C19H19N3O3S/c1-3-25-18(24)13-7-6-8-14(11-13)20-17(23)12-26-19-21-15-9-4-5-10-16(15)22(19)2/h4-11H,3,12H2,1-2H3,(H,20,23). The van der Waals surface area contributed by atoms with Crippen LogP contribution in [0.15, 0.2) is 53.7 Å². The minimum atomic E-state index is -0.405. The van der Waals surface area contributed by atoms with Crippen molar-refractivity contribution in [1.29, 1.82) is 0 Å². The number of carbonyl (C=O) groups excluding carboxylic acids is 2. The highest BCUT2D eigenvalue weighted by molar-refractivity contribution is 7.99. The van der Waals surface area contributed by atoms with Crippen LogP contribution in [0.4, 0.5) is 5.69 Å². The molecule has 7 heteroatoms. The Hall–Kier alpha value is -2.80. The average Bonchev–Trinajstić information content (AvgIpc) is 2.97. The Bertz CT molecular complexity index is 952. The summed E-state index contributed by atoms with van der Waals surface area (Å²) >= 11 is 1.37. The van der Waals surface area contributed by atoms with E-state index < -0.39 is 5.97 Å². The number of anilines is 1. The zero-order valence-electron chi connectivity index (χ0n) is 14.6. The van der Waals surface area contributed by atoms with Crippen molar-refractivity contribution in [2.75, 3.05) is 17.7 Å². The van der Waals surface area contributed by atoms with Crippen LogP contribution in [0.25, 0.3) is 11.0 Å². The predicted molar refractivity (Wildman–Crippen MR) is 102 cm³/mol. The molecular weight excluding hydrogens is 350 g/mol. The molecule has 0 aliphatic rings. The molecule has 3 aromatic rings. The lowest BCUT2D eigenvalue weighted by atomic mass is 10.2. The van der Waals surface area contributed by atoms with E-state index in [1.54, 1.807) is 31.2 Å². The number of nitrogens with one attached hydrogen (secondary N) is 1. The van der Waals surface area contributed by atoms with Crippen molar-refractivity contribution >= 4 is 40.4 Å². The number of fused-ring (bicyclic) bond motifs is 1. The molecule has 0 spiro atoms. The summed E-state index contributed by atoms with van der Waals surface area (Å²) in [7, 11) is 1.93. The Morgan fingerprint density at radius 3 is 2.77 bits per heavy atom. The van der Waals surface area contributed by atoms with Gasteiger partial charge in [-0.1, -0.05) is 30.0 Å². The maximum Gasteiger partial charge on any atom is 0.338 e. The monoisotopic (exact) mass is 369 g/mol. The summed E-state index contributed by atoms with van der Waals surface area (Å²) in [5, 5.41) is 3.58. The van der Waals surface area contributed by atoms with E-state index in [0.29, 0.717) is 17.9 Å². The van der Waals surface area contributed by atoms with E-state index in [0.717, 1.165) is 16.2 Å². The van der Waals surface area contributed by atoms with Crippen LogP contribution in [0.1, 0.15) is 17.3 Å². The third-order valence-electron chi connectivity index (χ3n) is 3.74. The van der Waals surface area contributed by atoms with Gasteiger partial charge in [-0.25, -0.2) is 9.78 Å². The molecule has 134 valence electrons. The van der Waals surface area contributed by atoms with Crippen molar-refractivity contribution in [3.8, 4) is 0 Å². The normalized spacial score (nSPS) is 10.7. The molecule has 1 amide bonds. The second kappa shape index (κ2) is 8.05. The van der Waals surface area contributed by atoms with Crippen LogP contribution in [0.2, 0.25) is 0 Å². The molecule has 0 atom stereocenters. The number of imidazole rings is 1.